The molecule has 4 nitrogen and oxygen atoms in total. The van der Waals surface area contributed by atoms with Crippen molar-refractivity contribution in [1.29, 1.82) is 0 Å². The first-order chi connectivity index (χ1) is 7.76. The van der Waals surface area contributed by atoms with Gasteiger partial charge in [-0.05, 0) is 31.7 Å². The molecule has 1 atom stereocenters. The van der Waals surface area contributed by atoms with E-state index in [-0.39, 0.29) is 12.5 Å². The standard InChI is InChI=1S/C12H24N2O2/c1-2-3-6-13-12(16)9-14-7-4-5-11(8-14)10-15/h11,15H,2-10H2,1H3,(H,13,16)/t11-/m1/s1. The number of hydrogen-bond acceptors (Lipinski definition) is 3. The normalized spacial score (nSPS) is 22.0. The predicted molar refractivity (Wildman–Crippen MR) is 64.2 cm³/mol. The van der Waals surface area contributed by atoms with Gasteiger partial charge in [-0.3, -0.25) is 9.69 Å². The van der Waals surface area contributed by atoms with E-state index in [4.69, 9.17) is 5.11 Å². The molecule has 16 heavy (non-hydrogen) atoms. The summed E-state index contributed by atoms with van der Waals surface area (Å²) in [5, 5.41) is 12.0. The van der Waals surface area contributed by atoms with E-state index < -0.39 is 0 Å². The van der Waals surface area contributed by atoms with Gasteiger partial charge in [0, 0.05) is 19.7 Å². The van der Waals surface area contributed by atoms with Crippen molar-refractivity contribution < 1.29 is 9.90 Å². The Morgan fingerprint density at radius 2 is 2.38 bits per heavy atom. The first-order valence-electron chi connectivity index (χ1n) is 6.36. The highest BCUT2D eigenvalue weighted by molar-refractivity contribution is 5.77. The Balaban J connectivity index is 2.17. The lowest BCUT2D eigenvalue weighted by atomic mass is 9.99. The Kier molecular flexibility index (Phi) is 6.42. The van der Waals surface area contributed by atoms with E-state index >= 15 is 0 Å². The Morgan fingerprint density at radius 3 is 3.06 bits per heavy atom. The summed E-state index contributed by atoms with van der Waals surface area (Å²) in [4.78, 5) is 13.7. The molecule has 0 bridgehead atoms. The van der Waals surface area contributed by atoms with Crippen LogP contribution >= 0.6 is 0 Å². The van der Waals surface area contributed by atoms with Gasteiger partial charge in [0.1, 0.15) is 0 Å². The van der Waals surface area contributed by atoms with Gasteiger partial charge in [0.05, 0.1) is 6.54 Å². The van der Waals surface area contributed by atoms with E-state index in [1.54, 1.807) is 0 Å². The Hall–Kier alpha value is -0.610. The fourth-order valence-corrected chi connectivity index (χ4v) is 2.11. The third-order valence-corrected chi connectivity index (χ3v) is 3.08. The quantitative estimate of drug-likeness (QED) is 0.655. The van der Waals surface area contributed by atoms with Crippen LogP contribution in [0.4, 0.5) is 0 Å². The minimum atomic E-state index is 0.118. The number of carbonyl (C=O) groups excluding carboxylic acids is 1. The summed E-state index contributed by atoms with van der Waals surface area (Å²) >= 11 is 0. The average molecular weight is 228 g/mol. The highest BCUT2D eigenvalue weighted by Crippen LogP contribution is 2.14. The van der Waals surface area contributed by atoms with E-state index in [0.717, 1.165) is 45.3 Å². The lowest BCUT2D eigenvalue weighted by Crippen LogP contribution is -2.43. The number of aliphatic hydroxyl groups is 1. The highest BCUT2D eigenvalue weighted by atomic mass is 16.3. The molecule has 1 rings (SSSR count). The lowest BCUT2D eigenvalue weighted by molar-refractivity contribution is -0.122. The number of aliphatic hydroxyl groups excluding tert-OH is 1. The molecular formula is C12H24N2O2. The fraction of sp³-hybridized carbons (Fsp3) is 0.917. The van der Waals surface area contributed by atoms with Crippen molar-refractivity contribution >= 4 is 5.91 Å². The van der Waals surface area contributed by atoms with Crippen LogP contribution in [0.5, 0.6) is 0 Å². The maximum absolute atomic E-state index is 11.6. The second-order valence-corrected chi connectivity index (χ2v) is 4.63. The molecule has 1 aliphatic heterocycles. The van der Waals surface area contributed by atoms with Gasteiger partial charge in [-0.15, -0.1) is 0 Å². The van der Waals surface area contributed by atoms with Crippen LogP contribution < -0.4 is 5.32 Å². The molecule has 1 amide bonds. The zero-order valence-electron chi connectivity index (χ0n) is 10.2. The van der Waals surface area contributed by atoms with Crippen molar-refractivity contribution in [3.63, 3.8) is 0 Å². The maximum atomic E-state index is 11.6. The molecule has 0 aliphatic carbocycles. The molecule has 1 saturated heterocycles. The molecule has 1 heterocycles. The molecule has 0 unspecified atom stereocenters. The van der Waals surface area contributed by atoms with Crippen molar-refractivity contribution in [2.24, 2.45) is 5.92 Å². The lowest BCUT2D eigenvalue weighted by Gasteiger charge is -2.31. The molecule has 0 aromatic rings. The molecule has 94 valence electrons. The Bertz CT molecular complexity index is 209. The Labute approximate surface area is 98.0 Å². The number of nitrogens with zero attached hydrogens (tertiary/aromatic N) is 1. The number of carbonyl (C=O) groups is 1. The van der Waals surface area contributed by atoms with Crippen LogP contribution in [0, 0.1) is 5.92 Å². The molecule has 1 fully saturated rings. The van der Waals surface area contributed by atoms with Gasteiger partial charge in [0.25, 0.3) is 0 Å². The largest absolute Gasteiger partial charge is 0.396 e. The smallest absolute Gasteiger partial charge is 0.234 e. The van der Waals surface area contributed by atoms with Gasteiger partial charge >= 0.3 is 0 Å². The summed E-state index contributed by atoms with van der Waals surface area (Å²) in [5.41, 5.74) is 0. The third-order valence-electron chi connectivity index (χ3n) is 3.08. The van der Waals surface area contributed by atoms with Crippen LogP contribution in [0.1, 0.15) is 32.6 Å². The van der Waals surface area contributed by atoms with Crippen molar-refractivity contribution in [3.05, 3.63) is 0 Å². The number of piperidine rings is 1. The van der Waals surface area contributed by atoms with E-state index in [2.05, 4.69) is 17.1 Å². The fourth-order valence-electron chi connectivity index (χ4n) is 2.11. The number of rotatable bonds is 6. The zero-order valence-corrected chi connectivity index (χ0v) is 10.2. The average Bonchev–Trinajstić information content (AvgIpc) is 2.29. The van der Waals surface area contributed by atoms with Crippen LogP contribution in [0.25, 0.3) is 0 Å². The number of unbranched alkanes of at least 4 members (excludes halogenated alkanes) is 1. The first-order valence-corrected chi connectivity index (χ1v) is 6.36. The molecule has 1 aliphatic rings. The van der Waals surface area contributed by atoms with Gasteiger partial charge in [-0.1, -0.05) is 13.3 Å². The Morgan fingerprint density at radius 1 is 1.56 bits per heavy atom. The molecule has 4 heteroatoms. The minimum absolute atomic E-state index is 0.118. The molecular weight excluding hydrogens is 204 g/mol. The van der Waals surface area contributed by atoms with Crippen LogP contribution in [0.15, 0.2) is 0 Å². The summed E-state index contributed by atoms with van der Waals surface area (Å²) in [7, 11) is 0. The summed E-state index contributed by atoms with van der Waals surface area (Å²) in [6, 6.07) is 0. The maximum Gasteiger partial charge on any atom is 0.234 e. The summed E-state index contributed by atoms with van der Waals surface area (Å²) < 4.78 is 0. The number of nitrogens with one attached hydrogen (secondary N) is 1. The van der Waals surface area contributed by atoms with E-state index in [0.29, 0.717) is 12.5 Å². The van der Waals surface area contributed by atoms with Crippen LogP contribution in [0.3, 0.4) is 0 Å². The summed E-state index contributed by atoms with van der Waals surface area (Å²) in [5.74, 6) is 0.476. The van der Waals surface area contributed by atoms with Gasteiger partial charge in [0.2, 0.25) is 5.91 Å². The predicted octanol–water partition coefficient (Wildman–Crippen LogP) is 0.607. The summed E-state index contributed by atoms with van der Waals surface area (Å²) in [6.45, 7) is 5.47. The first kappa shape index (κ1) is 13.5. The number of hydrogen-bond donors (Lipinski definition) is 2. The van der Waals surface area contributed by atoms with Crippen molar-refractivity contribution in [2.75, 3.05) is 32.8 Å². The molecule has 0 saturated carbocycles. The molecule has 0 aromatic carbocycles. The van der Waals surface area contributed by atoms with Crippen LogP contribution in [-0.4, -0.2) is 48.7 Å². The zero-order chi connectivity index (χ0) is 11.8. The second kappa shape index (κ2) is 7.63. The summed E-state index contributed by atoms with van der Waals surface area (Å²) in [6.07, 6.45) is 4.33. The molecule has 0 aromatic heterocycles. The van der Waals surface area contributed by atoms with E-state index in [1.165, 1.54) is 0 Å². The van der Waals surface area contributed by atoms with Crippen LogP contribution in [0.2, 0.25) is 0 Å². The molecule has 0 radical (unpaired) electrons. The van der Waals surface area contributed by atoms with Gasteiger partial charge in [-0.25, -0.2) is 0 Å². The van der Waals surface area contributed by atoms with Gasteiger partial charge in [-0.2, -0.15) is 0 Å². The number of likely N-dealkylation sites (tertiary alicyclic amines) is 1. The van der Waals surface area contributed by atoms with Crippen LogP contribution in [-0.2, 0) is 4.79 Å². The minimum Gasteiger partial charge on any atom is -0.396 e. The molecule has 0 spiro atoms. The van der Waals surface area contributed by atoms with Crippen molar-refractivity contribution in [3.8, 4) is 0 Å². The third kappa shape index (κ3) is 4.94. The van der Waals surface area contributed by atoms with Gasteiger partial charge in [0.15, 0.2) is 0 Å². The topological polar surface area (TPSA) is 52.6 Å². The van der Waals surface area contributed by atoms with E-state index in [9.17, 15) is 4.79 Å². The SMILES string of the molecule is CCCCNC(=O)CN1CCC[C@@H](CO)C1. The van der Waals surface area contributed by atoms with Crippen molar-refractivity contribution in [2.45, 2.75) is 32.6 Å². The monoisotopic (exact) mass is 228 g/mol. The molecule has 2 N–H and O–H groups in total. The highest BCUT2D eigenvalue weighted by Gasteiger charge is 2.20. The number of amides is 1. The van der Waals surface area contributed by atoms with Gasteiger partial charge < -0.3 is 10.4 Å². The van der Waals surface area contributed by atoms with E-state index in [1.807, 2.05) is 0 Å². The van der Waals surface area contributed by atoms with Crippen molar-refractivity contribution in [1.82, 2.24) is 10.2 Å². The second-order valence-electron chi connectivity index (χ2n) is 4.63.